The number of carbonyl (C=O) groups excluding carboxylic acids is 1. The van der Waals surface area contributed by atoms with Crippen LogP contribution in [0.15, 0.2) is 0 Å². The van der Waals surface area contributed by atoms with Crippen LogP contribution in [0.1, 0.15) is 55.4 Å². The van der Waals surface area contributed by atoms with Crippen LogP contribution in [-0.4, -0.2) is 21.6 Å². The quantitative estimate of drug-likeness (QED) is 0.823. The Hall–Kier alpha value is -1.32. The lowest BCUT2D eigenvalue weighted by molar-refractivity contribution is 0.0908. The third-order valence-electron chi connectivity index (χ3n) is 2.68. The van der Waals surface area contributed by atoms with E-state index in [-0.39, 0.29) is 11.4 Å². The van der Waals surface area contributed by atoms with Crippen molar-refractivity contribution in [2.45, 2.75) is 53.0 Å². The maximum Gasteiger partial charge on any atom is 0.255 e. The van der Waals surface area contributed by atoms with E-state index in [2.05, 4.69) is 22.4 Å². The molecule has 90 valence electrons. The number of nitrogens with zero attached hydrogens (tertiary/aromatic N) is 1. The van der Waals surface area contributed by atoms with Crippen molar-refractivity contribution < 1.29 is 4.79 Å². The fourth-order valence-corrected chi connectivity index (χ4v) is 1.94. The fraction of sp³-hybridized carbons (Fsp3) is 0.667. The minimum atomic E-state index is -0.165. The number of aromatic nitrogens is 2. The normalized spacial score (nSPS) is 11.6. The molecule has 1 amide bonds. The molecule has 1 rings (SSSR count). The molecule has 0 radical (unpaired) electrons. The van der Waals surface area contributed by atoms with Crippen LogP contribution in [0, 0.1) is 13.8 Å². The zero-order valence-electron chi connectivity index (χ0n) is 10.8. The van der Waals surface area contributed by atoms with E-state index < -0.39 is 0 Å². The maximum atomic E-state index is 12.1. The second-order valence-corrected chi connectivity index (χ2v) is 4.90. The second-order valence-electron chi connectivity index (χ2n) is 4.90. The van der Waals surface area contributed by atoms with Crippen molar-refractivity contribution in [2.24, 2.45) is 0 Å². The van der Waals surface area contributed by atoms with Crippen LogP contribution in [0.2, 0.25) is 0 Å². The lowest BCUT2D eigenvalue weighted by Crippen LogP contribution is -2.43. The van der Waals surface area contributed by atoms with Crippen molar-refractivity contribution in [2.75, 3.05) is 0 Å². The largest absolute Gasteiger partial charge is 0.347 e. The third-order valence-corrected chi connectivity index (χ3v) is 2.68. The van der Waals surface area contributed by atoms with E-state index in [4.69, 9.17) is 0 Å². The summed E-state index contributed by atoms with van der Waals surface area (Å²) in [6.45, 7) is 9.90. The van der Waals surface area contributed by atoms with Crippen LogP contribution in [-0.2, 0) is 0 Å². The average molecular weight is 223 g/mol. The van der Waals surface area contributed by atoms with Gasteiger partial charge in [-0.2, -0.15) is 5.10 Å². The van der Waals surface area contributed by atoms with Crippen molar-refractivity contribution >= 4 is 5.91 Å². The molecule has 1 aromatic heterocycles. The first-order valence-corrected chi connectivity index (χ1v) is 5.71. The van der Waals surface area contributed by atoms with Gasteiger partial charge in [0, 0.05) is 11.2 Å². The number of aryl methyl sites for hydroxylation is 2. The molecule has 4 heteroatoms. The monoisotopic (exact) mass is 223 g/mol. The zero-order valence-corrected chi connectivity index (χ0v) is 10.8. The molecule has 0 aliphatic carbocycles. The lowest BCUT2D eigenvalue weighted by atomic mass is 9.98. The molecular weight excluding hydrogens is 202 g/mol. The van der Waals surface area contributed by atoms with Crippen molar-refractivity contribution in [3.63, 3.8) is 0 Å². The summed E-state index contributed by atoms with van der Waals surface area (Å²) in [5, 5.41) is 9.89. The summed E-state index contributed by atoms with van der Waals surface area (Å²) < 4.78 is 0. The van der Waals surface area contributed by atoms with Crippen LogP contribution >= 0.6 is 0 Å². The summed E-state index contributed by atoms with van der Waals surface area (Å²) in [6.07, 6.45) is 2.02. The predicted molar refractivity (Wildman–Crippen MR) is 64.5 cm³/mol. The summed E-state index contributed by atoms with van der Waals surface area (Å²) >= 11 is 0. The molecule has 0 saturated heterocycles. The van der Waals surface area contributed by atoms with Gasteiger partial charge < -0.3 is 5.32 Å². The summed E-state index contributed by atoms with van der Waals surface area (Å²) in [4.78, 5) is 12.1. The SMILES string of the molecule is CCCC(C)(C)NC(=O)c1c(C)n[nH]c1C. The second kappa shape index (κ2) is 4.68. The third kappa shape index (κ3) is 2.84. The van der Waals surface area contributed by atoms with Crippen LogP contribution < -0.4 is 5.32 Å². The van der Waals surface area contributed by atoms with Crippen molar-refractivity contribution in [3.8, 4) is 0 Å². The molecule has 16 heavy (non-hydrogen) atoms. The van der Waals surface area contributed by atoms with Crippen LogP contribution in [0.4, 0.5) is 0 Å². The van der Waals surface area contributed by atoms with Gasteiger partial charge in [-0.3, -0.25) is 9.89 Å². The van der Waals surface area contributed by atoms with E-state index in [0.29, 0.717) is 5.56 Å². The Morgan fingerprint density at radius 3 is 2.50 bits per heavy atom. The Labute approximate surface area is 96.8 Å². The predicted octanol–water partition coefficient (Wildman–Crippen LogP) is 2.34. The zero-order chi connectivity index (χ0) is 12.3. The van der Waals surface area contributed by atoms with E-state index in [0.717, 1.165) is 24.2 Å². The highest BCUT2D eigenvalue weighted by atomic mass is 16.1. The highest BCUT2D eigenvalue weighted by Crippen LogP contribution is 2.14. The standard InChI is InChI=1S/C12H21N3O/c1-6-7-12(4,5)13-11(16)10-8(2)14-15-9(10)3/h6-7H2,1-5H3,(H,13,16)(H,14,15). The van der Waals surface area contributed by atoms with Gasteiger partial charge in [-0.25, -0.2) is 0 Å². The summed E-state index contributed by atoms with van der Waals surface area (Å²) in [7, 11) is 0. The number of hydrogen-bond acceptors (Lipinski definition) is 2. The molecule has 1 aromatic rings. The first-order valence-electron chi connectivity index (χ1n) is 5.71. The summed E-state index contributed by atoms with van der Waals surface area (Å²) in [5.41, 5.74) is 2.08. The molecule has 0 aromatic carbocycles. The van der Waals surface area contributed by atoms with Crippen molar-refractivity contribution in [3.05, 3.63) is 17.0 Å². The van der Waals surface area contributed by atoms with Crippen molar-refractivity contribution in [1.29, 1.82) is 0 Å². The highest BCUT2D eigenvalue weighted by Gasteiger charge is 2.23. The first kappa shape index (κ1) is 12.7. The summed E-state index contributed by atoms with van der Waals surface area (Å²) in [5.74, 6) is -0.0396. The highest BCUT2D eigenvalue weighted by molar-refractivity contribution is 5.96. The van der Waals surface area contributed by atoms with Gasteiger partial charge in [0.2, 0.25) is 0 Å². The van der Waals surface area contributed by atoms with Crippen LogP contribution in [0.5, 0.6) is 0 Å². The minimum Gasteiger partial charge on any atom is -0.347 e. The smallest absolute Gasteiger partial charge is 0.255 e. The van der Waals surface area contributed by atoms with E-state index in [9.17, 15) is 4.79 Å². The molecule has 0 aliphatic rings. The number of rotatable bonds is 4. The number of carbonyl (C=O) groups is 1. The van der Waals surface area contributed by atoms with Gasteiger partial charge >= 0.3 is 0 Å². The van der Waals surface area contributed by atoms with E-state index in [1.807, 2.05) is 27.7 Å². The van der Waals surface area contributed by atoms with Gasteiger partial charge in [0.1, 0.15) is 0 Å². The molecule has 0 aliphatic heterocycles. The van der Waals surface area contributed by atoms with Gasteiger partial charge in [-0.1, -0.05) is 13.3 Å². The van der Waals surface area contributed by atoms with Gasteiger partial charge in [0.05, 0.1) is 11.3 Å². The first-order chi connectivity index (χ1) is 7.37. The molecular formula is C12H21N3O. The van der Waals surface area contributed by atoms with E-state index in [1.165, 1.54) is 0 Å². The number of aromatic amines is 1. The number of amides is 1. The molecule has 0 spiro atoms. The number of nitrogens with one attached hydrogen (secondary N) is 2. The van der Waals surface area contributed by atoms with Gasteiger partial charge in [-0.15, -0.1) is 0 Å². The minimum absolute atomic E-state index is 0.0396. The molecule has 1 heterocycles. The Balaban J connectivity index is 2.80. The molecule has 0 atom stereocenters. The molecule has 0 saturated carbocycles. The molecule has 0 unspecified atom stereocenters. The number of hydrogen-bond donors (Lipinski definition) is 2. The molecule has 0 bridgehead atoms. The molecule has 4 nitrogen and oxygen atoms in total. The van der Waals surface area contributed by atoms with Gasteiger partial charge in [0.15, 0.2) is 0 Å². The Morgan fingerprint density at radius 2 is 2.06 bits per heavy atom. The average Bonchev–Trinajstić information content (AvgIpc) is 2.44. The number of H-pyrrole nitrogens is 1. The van der Waals surface area contributed by atoms with E-state index in [1.54, 1.807) is 0 Å². The lowest BCUT2D eigenvalue weighted by Gasteiger charge is -2.25. The Kier molecular flexibility index (Phi) is 3.73. The molecule has 2 N–H and O–H groups in total. The maximum absolute atomic E-state index is 12.1. The summed E-state index contributed by atoms with van der Waals surface area (Å²) in [6, 6.07) is 0. The van der Waals surface area contributed by atoms with Crippen LogP contribution in [0.3, 0.4) is 0 Å². The van der Waals surface area contributed by atoms with Gasteiger partial charge in [-0.05, 0) is 34.1 Å². The van der Waals surface area contributed by atoms with Gasteiger partial charge in [0.25, 0.3) is 5.91 Å². The topological polar surface area (TPSA) is 57.8 Å². The Morgan fingerprint density at radius 1 is 1.44 bits per heavy atom. The van der Waals surface area contributed by atoms with E-state index >= 15 is 0 Å². The Bertz CT molecular complexity index is 360. The molecule has 0 fully saturated rings. The van der Waals surface area contributed by atoms with Crippen molar-refractivity contribution in [1.82, 2.24) is 15.5 Å². The fourth-order valence-electron chi connectivity index (χ4n) is 1.94. The van der Waals surface area contributed by atoms with Crippen LogP contribution in [0.25, 0.3) is 0 Å².